The molecular formula is C21H30ClN3O2. The maximum absolute atomic E-state index is 11.0. The lowest BCUT2D eigenvalue weighted by Gasteiger charge is -2.17. The SMILES string of the molecule is CCN(CC)CCCN.O=C(O)c1ccc2c(Cl)c3c(nc2c1)CCCC3. The van der Waals surface area contributed by atoms with E-state index in [4.69, 9.17) is 22.4 Å². The van der Waals surface area contributed by atoms with Crippen molar-refractivity contribution in [2.24, 2.45) is 5.73 Å². The summed E-state index contributed by atoms with van der Waals surface area (Å²) in [4.78, 5) is 17.9. The smallest absolute Gasteiger partial charge is 0.335 e. The third-order valence-corrected chi connectivity index (χ3v) is 5.44. The monoisotopic (exact) mass is 391 g/mol. The fraction of sp³-hybridized carbons (Fsp3) is 0.524. The number of aromatic nitrogens is 1. The highest BCUT2D eigenvalue weighted by Gasteiger charge is 2.17. The molecular weight excluding hydrogens is 362 g/mol. The van der Waals surface area contributed by atoms with Crippen LogP contribution in [0, 0.1) is 0 Å². The van der Waals surface area contributed by atoms with E-state index in [9.17, 15) is 4.79 Å². The first-order chi connectivity index (χ1) is 13.0. The van der Waals surface area contributed by atoms with Crippen molar-refractivity contribution in [1.82, 2.24) is 9.88 Å². The Labute approximate surface area is 166 Å². The van der Waals surface area contributed by atoms with Crippen LogP contribution in [0.3, 0.4) is 0 Å². The molecule has 3 N–H and O–H groups in total. The summed E-state index contributed by atoms with van der Waals surface area (Å²) in [6.07, 6.45) is 5.30. The van der Waals surface area contributed by atoms with Crippen LogP contribution in [-0.2, 0) is 12.8 Å². The van der Waals surface area contributed by atoms with Crippen LogP contribution in [0.4, 0.5) is 0 Å². The van der Waals surface area contributed by atoms with Gasteiger partial charge >= 0.3 is 5.97 Å². The van der Waals surface area contributed by atoms with E-state index in [1.807, 2.05) is 0 Å². The van der Waals surface area contributed by atoms with Gasteiger partial charge in [-0.25, -0.2) is 4.79 Å². The van der Waals surface area contributed by atoms with Gasteiger partial charge in [0.15, 0.2) is 0 Å². The Morgan fingerprint density at radius 2 is 1.96 bits per heavy atom. The predicted octanol–water partition coefficient (Wildman–Crippen LogP) is 4.14. The van der Waals surface area contributed by atoms with E-state index in [1.54, 1.807) is 18.2 Å². The molecule has 27 heavy (non-hydrogen) atoms. The number of pyridine rings is 1. The maximum Gasteiger partial charge on any atom is 0.335 e. The Balaban J connectivity index is 0.000000249. The highest BCUT2D eigenvalue weighted by Crippen LogP contribution is 2.33. The summed E-state index contributed by atoms with van der Waals surface area (Å²) in [7, 11) is 0. The lowest BCUT2D eigenvalue weighted by atomic mass is 9.94. The van der Waals surface area contributed by atoms with Crippen LogP contribution in [0.2, 0.25) is 5.02 Å². The van der Waals surface area contributed by atoms with Gasteiger partial charge in [-0.2, -0.15) is 0 Å². The number of carboxylic acid groups (broad SMARTS) is 1. The Bertz CT molecular complexity index is 776. The summed E-state index contributed by atoms with van der Waals surface area (Å²) in [5.41, 5.74) is 8.46. The molecule has 1 aliphatic carbocycles. The van der Waals surface area contributed by atoms with E-state index in [0.29, 0.717) is 5.52 Å². The molecule has 0 amide bonds. The van der Waals surface area contributed by atoms with E-state index >= 15 is 0 Å². The van der Waals surface area contributed by atoms with Gasteiger partial charge in [0, 0.05) is 11.1 Å². The number of hydrogen-bond acceptors (Lipinski definition) is 4. The first kappa shape index (κ1) is 21.6. The van der Waals surface area contributed by atoms with Crippen molar-refractivity contribution in [2.45, 2.75) is 46.0 Å². The van der Waals surface area contributed by atoms with Gasteiger partial charge in [0.2, 0.25) is 0 Å². The molecule has 0 bridgehead atoms. The number of nitrogens with zero attached hydrogens (tertiary/aromatic N) is 2. The summed E-state index contributed by atoms with van der Waals surface area (Å²) in [6.45, 7) is 8.63. The van der Waals surface area contributed by atoms with Crippen LogP contribution < -0.4 is 5.73 Å². The molecule has 0 saturated carbocycles. The van der Waals surface area contributed by atoms with Crippen LogP contribution in [0.25, 0.3) is 10.9 Å². The Morgan fingerprint density at radius 1 is 1.26 bits per heavy atom. The van der Waals surface area contributed by atoms with Crippen molar-refractivity contribution >= 4 is 28.5 Å². The summed E-state index contributed by atoms with van der Waals surface area (Å²) in [5, 5.41) is 10.6. The van der Waals surface area contributed by atoms with Crippen molar-refractivity contribution in [2.75, 3.05) is 26.2 Å². The molecule has 1 aromatic heterocycles. The van der Waals surface area contributed by atoms with Crippen molar-refractivity contribution < 1.29 is 9.90 Å². The minimum Gasteiger partial charge on any atom is -0.478 e. The fourth-order valence-corrected chi connectivity index (χ4v) is 3.72. The van der Waals surface area contributed by atoms with Crippen molar-refractivity contribution in [1.29, 1.82) is 0 Å². The molecule has 5 nitrogen and oxygen atoms in total. The first-order valence-electron chi connectivity index (χ1n) is 9.78. The van der Waals surface area contributed by atoms with Crippen LogP contribution in [0.5, 0.6) is 0 Å². The van der Waals surface area contributed by atoms with Crippen LogP contribution >= 0.6 is 11.6 Å². The zero-order chi connectivity index (χ0) is 19.8. The molecule has 0 saturated heterocycles. The molecule has 0 atom stereocenters. The Hall–Kier alpha value is -1.69. The van der Waals surface area contributed by atoms with Crippen LogP contribution in [0.1, 0.15) is 54.7 Å². The molecule has 3 rings (SSSR count). The van der Waals surface area contributed by atoms with E-state index in [1.165, 1.54) is 0 Å². The molecule has 0 spiro atoms. The fourth-order valence-electron chi connectivity index (χ4n) is 3.35. The van der Waals surface area contributed by atoms with Crippen molar-refractivity contribution in [3.63, 3.8) is 0 Å². The molecule has 1 aliphatic rings. The molecule has 1 aromatic carbocycles. The lowest BCUT2D eigenvalue weighted by Crippen LogP contribution is -2.25. The number of rotatable bonds is 6. The number of carboxylic acids is 1. The van der Waals surface area contributed by atoms with Crippen LogP contribution in [-0.4, -0.2) is 47.1 Å². The van der Waals surface area contributed by atoms with Crippen molar-refractivity contribution in [3.05, 3.63) is 40.0 Å². The van der Waals surface area contributed by atoms with Gasteiger partial charge in [0.1, 0.15) is 0 Å². The summed E-state index contributed by atoms with van der Waals surface area (Å²) < 4.78 is 0. The molecule has 148 valence electrons. The second-order valence-corrected chi connectivity index (χ2v) is 7.14. The minimum absolute atomic E-state index is 0.252. The topological polar surface area (TPSA) is 79.5 Å². The second-order valence-electron chi connectivity index (χ2n) is 6.76. The first-order valence-corrected chi connectivity index (χ1v) is 10.2. The average Bonchev–Trinajstić information content (AvgIpc) is 2.69. The standard InChI is InChI=1S/C14H12ClNO2.C7H18N2/c15-13-9-3-1-2-4-11(9)16-12-7-8(14(17)18)5-6-10(12)13;1-3-9(4-2)7-5-6-8/h5-7H,1-4H2,(H,17,18);3-8H2,1-2H3. The highest BCUT2D eigenvalue weighted by atomic mass is 35.5. The number of benzene rings is 1. The number of aryl methyl sites for hydroxylation is 1. The van der Waals surface area contributed by atoms with Gasteiger partial charge in [-0.15, -0.1) is 0 Å². The minimum atomic E-state index is -0.937. The summed E-state index contributed by atoms with van der Waals surface area (Å²) >= 11 is 6.40. The third kappa shape index (κ3) is 5.64. The molecule has 2 aromatic rings. The van der Waals surface area contributed by atoms with E-state index in [-0.39, 0.29) is 5.56 Å². The molecule has 0 radical (unpaired) electrons. The highest BCUT2D eigenvalue weighted by molar-refractivity contribution is 6.36. The van der Waals surface area contributed by atoms with Crippen molar-refractivity contribution in [3.8, 4) is 0 Å². The Morgan fingerprint density at radius 3 is 2.59 bits per heavy atom. The maximum atomic E-state index is 11.0. The molecule has 0 unspecified atom stereocenters. The van der Waals surface area contributed by atoms with Gasteiger partial charge < -0.3 is 15.7 Å². The van der Waals surface area contributed by atoms with Crippen LogP contribution in [0.15, 0.2) is 18.2 Å². The molecule has 6 heteroatoms. The van der Waals surface area contributed by atoms with Gasteiger partial charge in [-0.05, 0) is 76.0 Å². The summed E-state index contributed by atoms with van der Waals surface area (Å²) in [5.74, 6) is -0.937. The average molecular weight is 392 g/mol. The third-order valence-electron chi connectivity index (χ3n) is 5.01. The van der Waals surface area contributed by atoms with Gasteiger partial charge in [0.05, 0.1) is 16.1 Å². The largest absolute Gasteiger partial charge is 0.478 e. The number of fused-ring (bicyclic) bond motifs is 2. The molecule has 0 aliphatic heterocycles. The second kappa shape index (κ2) is 10.6. The normalized spacial score (nSPS) is 13.2. The lowest BCUT2D eigenvalue weighted by molar-refractivity contribution is 0.0697. The summed E-state index contributed by atoms with van der Waals surface area (Å²) in [6, 6.07) is 4.93. The number of halogens is 1. The number of hydrogen-bond donors (Lipinski definition) is 2. The van der Waals surface area contributed by atoms with E-state index in [0.717, 1.165) is 79.9 Å². The predicted molar refractivity (Wildman–Crippen MR) is 112 cm³/mol. The van der Waals surface area contributed by atoms with E-state index < -0.39 is 5.97 Å². The zero-order valence-electron chi connectivity index (χ0n) is 16.3. The van der Waals surface area contributed by atoms with Gasteiger partial charge in [0.25, 0.3) is 0 Å². The molecule has 1 heterocycles. The number of aromatic carboxylic acids is 1. The number of carbonyl (C=O) groups is 1. The Kier molecular flexibility index (Phi) is 8.48. The zero-order valence-corrected chi connectivity index (χ0v) is 17.1. The molecule has 0 fully saturated rings. The number of nitrogens with two attached hydrogens (primary N) is 1. The quantitative estimate of drug-likeness (QED) is 0.773. The van der Waals surface area contributed by atoms with Gasteiger partial charge in [-0.3, -0.25) is 4.98 Å². The van der Waals surface area contributed by atoms with Gasteiger partial charge in [-0.1, -0.05) is 31.5 Å². The van der Waals surface area contributed by atoms with E-state index in [2.05, 4.69) is 23.7 Å².